The molecule has 2 fully saturated rings. The van der Waals surface area contributed by atoms with Crippen molar-refractivity contribution >= 4 is 17.0 Å². The highest BCUT2D eigenvalue weighted by atomic mass is 16.6. The van der Waals surface area contributed by atoms with Crippen LogP contribution in [0.25, 0.3) is 11.2 Å². The van der Waals surface area contributed by atoms with Gasteiger partial charge >= 0.3 is 0 Å². The number of nitrogens with zero attached hydrogens (tertiary/aromatic N) is 4. The molecular formula is C18H27N5O4. The molecule has 0 bridgehead atoms. The quantitative estimate of drug-likeness (QED) is 0.780. The van der Waals surface area contributed by atoms with E-state index in [1.54, 1.807) is 25.1 Å². The Kier molecular flexibility index (Phi) is 5.53. The average Bonchev–Trinajstić information content (AvgIpc) is 3.25. The maximum absolute atomic E-state index is 10.5. The molecule has 27 heavy (non-hydrogen) atoms. The van der Waals surface area contributed by atoms with Crippen LogP contribution >= 0.6 is 0 Å². The van der Waals surface area contributed by atoms with Gasteiger partial charge in [-0.2, -0.15) is 0 Å². The molecule has 1 aliphatic carbocycles. The van der Waals surface area contributed by atoms with Gasteiger partial charge in [-0.3, -0.25) is 4.57 Å². The molecule has 148 valence electrons. The average molecular weight is 377 g/mol. The number of ether oxygens (including phenoxy) is 3. The Labute approximate surface area is 158 Å². The molecule has 1 saturated heterocycles. The van der Waals surface area contributed by atoms with E-state index >= 15 is 0 Å². The van der Waals surface area contributed by atoms with Crippen LogP contribution in [0, 0.1) is 0 Å². The first kappa shape index (κ1) is 18.5. The van der Waals surface area contributed by atoms with Crippen LogP contribution in [-0.2, 0) is 14.2 Å². The molecule has 0 aromatic carbocycles. The number of methoxy groups -OCH3 is 2. The summed E-state index contributed by atoms with van der Waals surface area (Å²) in [4.78, 5) is 13.3. The van der Waals surface area contributed by atoms with E-state index in [2.05, 4.69) is 20.3 Å². The van der Waals surface area contributed by atoms with Gasteiger partial charge in [0.15, 0.2) is 23.2 Å². The number of aromatic nitrogens is 4. The van der Waals surface area contributed by atoms with E-state index in [1.807, 2.05) is 0 Å². The molecule has 4 atom stereocenters. The lowest BCUT2D eigenvalue weighted by Gasteiger charge is -2.23. The number of fused-ring (bicyclic) bond motifs is 1. The molecule has 0 unspecified atom stereocenters. The van der Waals surface area contributed by atoms with Crippen molar-refractivity contribution in [3.8, 4) is 0 Å². The van der Waals surface area contributed by atoms with Gasteiger partial charge in [0.05, 0.1) is 12.9 Å². The summed E-state index contributed by atoms with van der Waals surface area (Å²) < 4.78 is 18.4. The van der Waals surface area contributed by atoms with E-state index in [-0.39, 0.29) is 6.61 Å². The largest absolute Gasteiger partial charge is 0.387 e. The second-order valence-corrected chi connectivity index (χ2v) is 7.24. The van der Waals surface area contributed by atoms with Crippen LogP contribution in [0.5, 0.6) is 0 Å². The number of hydrogen-bond donors (Lipinski definition) is 2. The summed E-state index contributed by atoms with van der Waals surface area (Å²) in [5.41, 5.74) is 1.35. The number of rotatable bonds is 6. The van der Waals surface area contributed by atoms with Crippen LogP contribution in [0.1, 0.15) is 38.3 Å². The second-order valence-electron chi connectivity index (χ2n) is 7.24. The molecule has 3 heterocycles. The predicted octanol–water partition coefficient (Wildman–Crippen LogP) is 1.49. The molecule has 4 rings (SSSR count). The summed E-state index contributed by atoms with van der Waals surface area (Å²) in [5.74, 6) is 0.742. The SMILES string of the molecule is COC[C@@H]1O[C@H](n2cnc3c(NC4CCCCC4)ncnc32)[C@@H](OC)[C@H]1O. The van der Waals surface area contributed by atoms with Gasteiger partial charge in [0.1, 0.15) is 24.6 Å². The Morgan fingerprint density at radius 3 is 2.78 bits per heavy atom. The van der Waals surface area contributed by atoms with E-state index in [4.69, 9.17) is 14.2 Å². The Hall–Kier alpha value is -1.81. The molecule has 2 aromatic heterocycles. The van der Waals surface area contributed by atoms with Crippen molar-refractivity contribution in [2.45, 2.75) is 62.7 Å². The first-order valence-corrected chi connectivity index (χ1v) is 9.52. The maximum Gasteiger partial charge on any atom is 0.167 e. The van der Waals surface area contributed by atoms with Gasteiger partial charge in [-0.25, -0.2) is 15.0 Å². The lowest BCUT2D eigenvalue weighted by atomic mass is 9.95. The Balaban J connectivity index is 1.62. The normalized spacial score (nSPS) is 29.4. The number of aliphatic hydroxyl groups is 1. The summed E-state index contributed by atoms with van der Waals surface area (Å²) in [6.07, 6.45) is 6.95. The number of hydrogen-bond acceptors (Lipinski definition) is 8. The third-order valence-corrected chi connectivity index (χ3v) is 5.49. The number of aliphatic hydroxyl groups excluding tert-OH is 1. The molecular weight excluding hydrogens is 350 g/mol. The van der Waals surface area contributed by atoms with Crippen LogP contribution in [0.2, 0.25) is 0 Å². The summed E-state index contributed by atoms with van der Waals surface area (Å²) in [6, 6.07) is 0.421. The van der Waals surface area contributed by atoms with Gasteiger partial charge in [0.2, 0.25) is 0 Å². The molecule has 2 aliphatic rings. The van der Waals surface area contributed by atoms with Crippen molar-refractivity contribution in [2.75, 3.05) is 26.1 Å². The van der Waals surface area contributed by atoms with Gasteiger partial charge < -0.3 is 24.6 Å². The number of imidazole rings is 1. The molecule has 0 amide bonds. The zero-order chi connectivity index (χ0) is 18.8. The highest BCUT2D eigenvalue weighted by molar-refractivity contribution is 5.82. The molecule has 2 aromatic rings. The van der Waals surface area contributed by atoms with Crippen LogP contribution < -0.4 is 5.32 Å². The van der Waals surface area contributed by atoms with Crippen LogP contribution in [0.4, 0.5) is 5.82 Å². The fourth-order valence-electron chi connectivity index (χ4n) is 4.08. The van der Waals surface area contributed by atoms with Crippen LogP contribution in [0.15, 0.2) is 12.7 Å². The van der Waals surface area contributed by atoms with E-state index in [0.717, 1.165) is 18.7 Å². The first-order chi connectivity index (χ1) is 13.2. The lowest BCUT2D eigenvalue weighted by molar-refractivity contribution is -0.0630. The molecule has 0 spiro atoms. The number of anilines is 1. The van der Waals surface area contributed by atoms with Crippen molar-refractivity contribution < 1.29 is 19.3 Å². The van der Waals surface area contributed by atoms with Crippen molar-refractivity contribution in [1.29, 1.82) is 0 Å². The molecule has 9 heteroatoms. The number of nitrogens with one attached hydrogen (secondary N) is 1. The fraction of sp³-hybridized carbons (Fsp3) is 0.722. The predicted molar refractivity (Wildman–Crippen MR) is 98.4 cm³/mol. The third kappa shape index (κ3) is 3.52. The topological polar surface area (TPSA) is 104 Å². The summed E-state index contributed by atoms with van der Waals surface area (Å²) in [5, 5.41) is 14.0. The van der Waals surface area contributed by atoms with E-state index in [1.165, 1.54) is 25.6 Å². The van der Waals surface area contributed by atoms with Crippen molar-refractivity contribution in [3.05, 3.63) is 12.7 Å². The Bertz CT molecular complexity index is 763. The van der Waals surface area contributed by atoms with E-state index in [0.29, 0.717) is 17.2 Å². The fourth-order valence-corrected chi connectivity index (χ4v) is 4.08. The van der Waals surface area contributed by atoms with Gasteiger partial charge in [0, 0.05) is 20.3 Å². The van der Waals surface area contributed by atoms with Crippen LogP contribution in [0.3, 0.4) is 0 Å². The van der Waals surface area contributed by atoms with Crippen molar-refractivity contribution in [3.63, 3.8) is 0 Å². The van der Waals surface area contributed by atoms with Gasteiger partial charge in [-0.1, -0.05) is 19.3 Å². The van der Waals surface area contributed by atoms with Gasteiger partial charge in [0.25, 0.3) is 0 Å². The Morgan fingerprint density at radius 1 is 1.22 bits per heavy atom. The monoisotopic (exact) mass is 377 g/mol. The molecule has 1 aliphatic heterocycles. The second kappa shape index (κ2) is 8.05. The highest BCUT2D eigenvalue weighted by Crippen LogP contribution is 2.34. The minimum absolute atomic E-state index is 0.285. The zero-order valence-electron chi connectivity index (χ0n) is 15.7. The molecule has 9 nitrogen and oxygen atoms in total. The van der Waals surface area contributed by atoms with Crippen molar-refractivity contribution in [1.82, 2.24) is 19.5 Å². The van der Waals surface area contributed by atoms with Crippen molar-refractivity contribution in [2.24, 2.45) is 0 Å². The molecule has 2 N–H and O–H groups in total. The zero-order valence-corrected chi connectivity index (χ0v) is 15.7. The smallest absolute Gasteiger partial charge is 0.167 e. The minimum Gasteiger partial charge on any atom is -0.387 e. The summed E-state index contributed by atoms with van der Waals surface area (Å²) in [7, 11) is 3.14. The maximum atomic E-state index is 10.5. The third-order valence-electron chi connectivity index (χ3n) is 5.49. The minimum atomic E-state index is -0.793. The summed E-state index contributed by atoms with van der Waals surface area (Å²) >= 11 is 0. The highest BCUT2D eigenvalue weighted by Gasteiger charge is 2.45. The lowest BCUT2D eigenvalue weighted by Crippen LogP contribution is -2.35. The van der Waals surface area contributed by atoms with Crippen LogP contribution in [-0.4, -0.2) is 69.8 Å². The van der Waals surface area contributed by atoms with Gasteiger partial charge in [-0.15, -0.1) is 0 Å². The van der Waals surface area contributed by atoms with E-state index in [9.17, 15) is 5.11 Å². The molecule has 1 saturated carbocycles. The molecule has 0 radical (unpaired) electrons. The van der Waals surface area contributed by atoms with E-state index < -0.39 is 24.5 Å². The van der Waals surface area contributed by atoms with Gasteiger partial charge in [-0.05, 0) is 12.8 Å². The standard InChI is InChI=1S/C18H27N5O4/c1-25-8-12-14(24)15(26-2)18(27-12)23-10-21-13-16(19-9-20-17(13)23)22-11-6-4-3-5-7-11/h9-12,14-15,18,24H,3-8H2,1-2H3,(H,19,20,22)/t12-,14-,15-,18-/m0/s1. The summed E-state index contributed by atoms with van der Waals surface area (Å²) in [6.45, 7) is 0.285. The first-order valence-electron chi connectivity index (χ1n) is 9.52. The Morgan fingerprint density at radius 2 is 2.04 bits per heavy atom.